The Kier molecular flexibility index (Phi) is 6.17. The number of ketones is 1. The molecule has 1 aliphatic rings. The molecule has 2 aromatic heterocycles. The zero-order valence-electron chi connectivity index (χ0n) is 19.2. The van der Waals surface area contributed by atoms with Crippen molar-refractivity contribution in [1.82, 2.24) is 4.57 Å². The lowest BCUT2D eigenvalue weighted by molar-refractivity contribution is -0.114. The van der Waals surface area contributed by atoms with Gasteiger partial charge in [0.25, 0.3) is 5.56 Å². The molecule has 1 atom stereocenters. The van der Waals surface area contributed by atoms with Gasteiger partial charge in [-0.3, -0.25) is 14.2 Å². The fourth-order valence-corrected chi connectivity index (χ4v) is 5.50. The van der Waals surface area contributed by atoms with Crippen LogP contribution in [0.25, 0.3) is 17.4 Å². The van der Waals surface area contributed by atoms with Gasteiger partial charge in [-0.2, -0.15) is 0 Å². The number of carbonyl (C=O) groups is 1. The van der Waals surface area contributed by atoms with Gasteiger partial charge in [-0.15, -0.1) is 0 Å². The number of ether oxygens (including phenoxy) is 1. The first-order valence-electron chi connectivity index (χ1n) is 10.9. The smallest absolute Gasteiger partial charge is 0.271 e. The molecule has 1 aliphatic heterocycles. The molecule has 0 saturated carbocycles. The SMILES string of the molecule is COc1cccc(/C=c2/sc3n(c2=O)[C@H](c2ccc(-c4ccc(Br)cc4)o2)C(C(C)=O)=C(C)N=3)c1. The van der Waals surface area contributed by atoms with Crippen LogP contribution in [0.3, 0.4) is 0 Å². The van der Waals surface area contributed by atoms with E-state index in [0.29, 0.717) is 37.9 Å². The van der Waals surface area contributed by atoms with Crippen molar-refractivity contribution in [3.8, 4) is 17.1 Å². The average Bonchev–Trinajstić information content (AvgIpc) is 3.44. The van der Waals surface area contributed by atoms with Gasteiger partial charge < -0.3 is 9.15 Å². The quantitative estimate of drug-likeness (QED) is 0.357. The summed E-state index contributed by atoms with van der Waals surface area (Å²) in [4.78, 5) is 31.4. The van der Waals surface area contributed by atoms with E-state index in [1.807, 2.05) is 66.7 Å². The highest BCUT2D eigenvalue weighted by molar-refractivity contribution is 9.10. The van der Waals surface area contributed by atoms with Crippen LogP contribution in [0.15, 0.2) is 90.6 Å². The molecule has 4 aromatic rings. The summed E-state index contributed by atoms with van der Waals surface area (Å²) in [5.74, 6) is 1.72. The zero-order chi connectivity index (χ0) is 24.7. The van der Waals surface area contributed by atoms with Crippen molar-refractivity contribution < 1.29 is 13.9 Å². The lowest BCUT2D eigenvalue weighted by atomic mass is 9.98. The molecule has 8 heteroatoms. The van der Waals surface area contributed by atoms with E-state index in [4.69, 9.17) is 9.15 Å². The van der Waals surface area contributed by atoms with Crippen molar-refractivity contribution in [2.45, 2.75) is 19.9 Å². The van der Waals surface area contributed by atoms with Crippen LogP contribution in [0.4, 0.5) is 0 Å². The van der Waals surface area contributed by atoms with E-state index in [1.54, 1.807) is 18.6 Å². The molecule has 2 aromatic carbocycles. The third kappa shape index (κ3) is 4.35. The summed E-state index contributed by atoms with van der Waals surface area (Å²) >= 11 is 4.73. The highest BCUT2D eigenvalue weighted by Gasteiger charge is 2.33. The number of methoxy groups -OCH3 is 1. The minimum atomic E-state index is -0.694. The van der Waals surface area contributed by atoms with Crippen molar-refractivity contribution in [3.05, 3.63) is 107 Å². The minimum Gasteiger partial charge on any atom is -0.497 e. The third-order valence-corrected chi connectivity index (χ3v) is 7.33. The fraction of sp³-hybridized carbons (Fsp3) is 0.148. The predicted molar refractivity (Wildman–Crippen MR) is 139 cm³/mol. The van der Waals surface area contributed by atoms with E-state index in [9.17, 15) is 9.59 Å². The molecule has 0 spiro atoms. The fourth-order valence-electron chi connectivity index (χ4n) is 4.19. The van der Waals surface area contributed by atoms with Gasteiger partial charge in [0, 0.05) is 21.3 Å². The van der Waals surface area contributed by atoms with E-state index in [1.165, 1.54) is 18.3 Å². The first-order valence-corrected chi connectivity index (χ1v) is 12.5. The molecule has 0 unspecified atom stereocenters. The lowest BCUT2D eigenvalue weighted by Gasteiger charge is -2.22. The number of hydrogen-bond donors (Lipinski definition) is 0. The molecule has 0 radical (unpaired) electrons. The maximum atomic E-state index is 13.6. The van der Waals surface area contributed by atoms with Gasteiger partial charge in [0.2, 0.25) is 0 Å². The highest BCUT2D eigenvalue weighted by atomic mass is 79.9. The first kappa shape index (κ1) is 23.3. The average molecular weight is 549 g/mol. The molecule has 5 rings (SSSR count). The number of benzene rings is 2. The van der Waals surface area contributed by atoms with Crippen LogP contribution in [0, 0.1) is 0 Å². The topological polar surface area (TPSA) is 73.8 Å². The largest absolute Gasteiger partial charge is 0.497 e. The molecule has 0 fully saturated rings. The molecule has 0 aliphatic carbocycles. The van der Waals surface area contributed by atoms with E-state index in [-0.39, 0.29) is 11.3 Å². The Hall–Kier alpha value is -3.49. The Morgan fingerprint density at radius 2 is 1.94 bits per heavy atom. The Balaban J connectivity index is 1.67. The van der Waals surface area contributed by atoms with E-state index in [2.05, 4.69) is 20.9 Å². The molecule has 0 saturated heterocycles. The summed E-state index contributed by atoms with van der Waals surface area (Å²) in [7, 11) is 1.60. The van der Waals surface area contributed by atoms with Gasteiger partial charge in [0.15, 0.2) is 10.6 Å². The predicted octanol–water partition coefficient (Wildman–Crippen LogP) is 4.86. The van der Waals surface area contributed by atoms with Crippen LogP contribution in [0.1, 0.15) is 31.2 Å². The summed E-state index contributed by atoms with van der Waals surface area (Å²) in [6, 6.07) is 18.2. The van der Waals surface area contributed by atoms with Gasteiger partial charge >= 0.3 is 0 Å². The van der Waals surface area contributed by atoms with Crippen LogP contribution in [0.5, 0.6) is 5.75 Å². The number of fused-ring (bicyclic) bond motifs is 1. The Morgan fingerprint density at radius 3 is 2.66 bits per heavy atom. The third-order valence-electron chi connectivity index (χ3n) is 5.82. The summed E-state index contributed by atoms with van der Waals surface area (Å²) in [6.45, 7) is 3.28. The van der Waals surface area contributed by atoms with Crippen LogP contribution < -0.4 is 19.6 Å². The molecule has 0 bridgehead atoms. The number of aromatic nitrogens is 1. The van der Waals surface area contributed by atoms with E-state index >= 15 is 0 Å². The summed E-state index contributed by atoms with van der Waals surface area (Å²) in [6.07, 6.45) is 1.81. The molecule has 176 valence electrons. The number of nitrogens with zero attached hydrogens (tertiary/aromatic N) is 2. The van der Waals surface area contributed by atoms with Crippen LogP contribution in [0.2, 0.25) is 0 Å². The van der Waals surface area contributed by atoms with Gasteiger partial charge in [-0.1, -0.05) is 51.5 Å². The Morgan fingerprint density at radius 1 is 1.17 bits per heavy atom. The molecule has 35 heavy (non-hydrogen) atoms. The van der Waals surface area contributed by atoms with Gasteiger partial charge in [0.1, 0.15) is 23.3 Å². The first-order chi connectivity index (χ1) is 16.9. The number of halogens is 1. The maximum Gasteiger partial charge on any atom is 0.271 e. The molecular weight excluding hydrogens is 528 g/mol. The molecule has 3 heterocycles. The zero-order valence-corrected chi connectivity index (χ0v) is 21.6. The van der Waals surface area contributed by atoms with Gasteiger partial charge in [0.05, 0.1) is 11.6 Å². The molecule has 0 amide bonds. The Labute approximate surface area is 213 Å². The number of carbonyl (C=O) groups excluding carboxylic acids is 1. The van der Waals surface area contributed by atoms with Crippen molar-refractivity contribution in [3.63, 3.8) is 0 Å². The number of hydrogen-bond acceptors (Lipinski definition) is 6. The highest BCUT2D eigenvalue weighted by Crippen LogP contribution is 2.34. The number of rotatable bonds is 5. The minimum absolute atomic E-state index is 0.153. The number of furan rings is 1. The maximum absolute atomic E-state index is 13.6. The molecule has 0 N–H and O–H groups in total. The summed E-state index contributed by atoms with van der Waals surface area (Å²) in [5.41, 5.74) is 2.54. The van der Waals surface area contributed by atoms with Crippen molar-refractivity contribution >= 4 is 39.1 Å². The second-order valence-electron chi connectivity index (χ2n) is 8.12. The van der Waals surface area contributed by atoms with Crippen LogP contribution in [-0.4, -0.2) is 17.5 Å². The molecule has 6 nitrogen and oxygen atoms in total. The molecular formula is C27H21BrN2O4S. The lowest BCUT2D eigenvalue weighted by Crippen LogP contribution is -2.39. The monoisotopic (exact) mass is 548 g/mol. The van der Waals surface area contributed by atoms with Crippen molar-refractivity contribution in [1.29, 1.82) is 0 Å². The van der Waals surface area contributed by atoms with Crippen molar-refractivity contribution in [2.75, 3.05) is 7.11 Å². The van der Waals surface area contributed by atoms with Gasteiger partial charge in [-0.25, -0.2) is 4.99 Å². The summed E-state index contributed by atoms with van der Waals surface area (Å²) < 4.78 is 14.6. The van der Waals surface area contributed by atoms with Crippen LogP contribution in [-0.2, 0) is 4.79 Å². The van der Waals surface area contributed by atoms with E-state index < -0.39 is 6.04 Å². The van der Waals surface area contributed by atoms with Crippen molar-refractivity contribution in [2.24, 2.45) is 4.99 Å². The second kappa shape index (κ2) is 9.28. The second-order valence-corrected chi connectivity index (χ2v) is 10.0. The number of allylic oxidation sites excluding steroid dienone is 2. The normalized spacial score (nSPS) is 15.7. The van der Waals surface area contributed by atoms with E-state index in [0.717, 1.165) is 15.6 Å². The van der Waals surface area contributed by atoms with Gasteiger partial charge in [-0.05, 0) is 61.9 Å². The Bertz CT molecular complexity index is 1660. The standard InChI is InChI=1S/C27H21BrN2O4S/c1-15-24(16(2)31)25(22-12-11-21(34-22)18-7-9-19(28)10-8-18)30-26(32)23(35-27(30)29-15)14-17-5-4-6-20(13-17)33-3/h4-14,25H,1-3H3/b23-14+/t25-/m1/s1. The van der Waals surface area contributed by atoms with Crippen LogP contribution >= 0.6 is 27.3 Å². The number of thiazole rings is 1. The number of Topliss-reactive ketones (excluding diaryl/α,β-unsaturated/α-hetero) is 1. The summed E-state index contributed by atoms with van der Waals surface area (Å²) in [5, 5.41) is 0.